The molecule has 8 nitrogen and oxygen atoms in total. The van der Waals surface area contributed by atoms with Crippen LogP contribution in [0.4, 0.5) is 0 Å². The van der Waals surface area contributed by atoms with Gasteiger partial charge in [-0.25, -0.2) is 0 Å². The number of hydrogen-bond acceptors (Lipinski definition) is 6. The van der Waals surface area contributed by atoms with Crippen LogP contribution in [0.15, 0.2) is 48.7 Å². The van der Waals surface area contributed by atoms with E-state index in [9.17, 15) is 4.79 Å². The van der Waals surface area contributed by atoms with Gasteiger partial charge < -0.3 is 14.8 Å². The molecule has 6 rings (SSSR count). The number of carbonyl (C=O) groups is 1. The van der Waals surface area contributed by atoms with Gasteiger partial charge >= 0.3 is 0 Å². The first-order valence-electron chi connectivity index (χ1n) is 11.5. The third kappa shape index (κ3) is 5.34. The number of aromatic nitrogens is 3. The first-order chi connectivity index (χ1) is 16.1. The Morgan fingerprint density at radius 2 is 1.97 bits per heavy atom. The number of fused-ring (bicyclic) bond motifs is 7. The van der Waals surface area contributed by atoms with Crippen LogP contribution < -0.4 is 14.8 Å². The normalized spacial score (nSPS) is 21.3. The zero-order valence-corrected chi connectivity index (χ0v) is 18.9. The van der Waals surface area contributed by atoms with Crippen molar-refractivity contribution >= 4 is 5.91 Å². The van der Waals surface area contributed by atoms with E-state index < -0.39 is 0 Å². The molecule has 172 valence electrons. The van der Waals surface area contributed by atoms with Crippen LogP contribution in [0.2, 0.25) is 0 Å². The topological polar surface area (TPSA) is 81.5 Å². The van der Waals surface area contributed by atoms with E-state index >= 15 is 0 Å². The van der Waals surface area contributed by atoms with Crippen LogP contribution in [0, 0.1) is 6.92 Å². The predicted octanol–water partition coefficient (Wildman–Crippen LogP) is 2.95. The summed E-state index contributed by atoms with van der Waals surface area (Å²) in [4.78, 5) is 15.4. The molecule has 1 amide bonds. The van der Waals surface area contributed by atoms with Gasteiger partial charge in [0.05, 0.1) is 18.4 Å². The number of nitrogens with zero attached hydrogens (tertiary/aromatic N) is 4. The lowest BCUT2D eigenvalue weighted by molar-refractivity contribution is 0.0933. The minimum absolute atomic E-state index is 0.0786. The molecule has 0 aliphatic carbocycles. The number of hydrogen-bond donors (Lipinski definition) is 1. The van der Waals surface area contributed by atoms with Crippen molar-refractivity contribution in [3.63, 3.8) is 0 Å². The molecule has 1 N–H and O–H groups in total. The lowest BCUT2D eigenvalue weighted by Gasteiger charge is -2.18. The molecule has 1 aromatic heterocycles. The van der Waals surface area contributed by atoms with Gasteiger partial charge in [0.25, 0.3) is 5.91 Å². The van der Waals surface area contributed by atoms with Crippen LogP contribution in [0.25, 0.3) is 0 Å². The summed E-state index contributed by atoms with van der Waals surface area (Å²) in [5.74, 6) is 1.36. The SMILES string of the molecule is Cc1ccc2c(c1)OCCCn1cc(nn1)COc1ccc(cc1)CN1CCC(C1)NC2=O. The van der Waals surface area contributed by atoms with E-state index in [0.29, 0.717) is 31.1 Å². The van der Waals surface area contributed by atoms with Gasteiger partial charge in [0.1, 0.15) is 23.8 Å². The fourth-order valence-corrected chi connectivity index (χ4v) is 4.32. The molecular weight excluding hydrogens is 418 g/mol. The number of rotatable bonds is 0. The van der Waals surface area contributed by atoms with Gasteiger partial charge in [-0.05, 0) is 48.7 Å². The van der Waals surface area contributed by atoms with E-state index in [-0.39, 0.29) is 11.9 Å². The van der Waals surface area contributed by atoms with Crippen molar-refractivity contribution in [3.8, 4) is 11.5 Å². The minimum Gasteiger partial charge on any atom is -0.493 e. The molecule has 0 saturated carbocycles. The zero-order valence-electron chi connectivity index (χ0n) is 18.9. The van der Waals surface area contributed by atoms with E-state index in [0.717, 1.165) is 49.5 Å². The fourth-order valence-electron chi connectivity index (χ4n) is 4.32. The van der Waals surface area contributed by atoms with Gasteiger partial charge in [0, 0.05) is 38.6 Å². The molecule has 1 fully saturated rings. The zero-order chi connectivity index (χ0) is 22.6. The molecule has 0 radical (unpaired) electrons. The molecule has 2 unspecified atom stereocenters. The molecule has 3 aromatic rings. The van der Waals surface area contributed by atoms with Gasteiger partial charge in [-0.1, -0.05) is 23.4 Å². The average molecular weight is 448 g/mol. The Morgan fingerprint density at radius 3 is 2.85 bits per heavy atom. The third-order valence-electron chi connectivity index (χ3n) is 6.08. The largest absolute Gasteiger partial charge is 0.493 e. The Labute approximate surface area is 193 Å². The van der Waals surface area contributed by atoms with E-state index in [4.69, 9.17) is 9.47 Å². The quantitative estimate of drug-likeness (QED) is 0.571. The van der Waals surface area contributed by atoms with E-state index in [2.05, 4.69) is 32.7 Å². The molecular formula is C25H29N5O3. The number of benzene rings is 2. The summed E-state index contributed by atoms with van der Waals surface area (Å²) in [5, 5.41) is 11.6. The molecule has 2 aromatic carbocycles. The second-order valence-corrected chi connectivity index (χ2v) is 8.80. The molecule has 4 heterocycles. The summed E-state index contributed by atoms with van der Waals surface area (Å²) < 4.78 is 13.7. The summed E-state index contributed by atoms with van der Waals surface area (Å²) >= 11 is 0. The van der Waals surface area contributed by atoms with Crippen molar-refractivity contribution in [1.29, 1.82) is 0 Å². The molecule has 3 aliphatic heterocycles. The number of amides is 1. The van der Waals surface area contributed by atoms with Gasteiger partial charge in [0.15, 0.2) is 0 Å². The summed E-state index contributed by atoms with van der Waals surface area (Å²) in [7, 11) is 0. The van der Waals surface area contributed by atoms with Crippen molar-refractivity contribution in [1.82, 2.24) is 25.2 Å². The Morgan fingerprint density at radius 1 is 1.09 bits per heavy atom. The predicted molar refractivity (Wildman–Crippen MR) is 123 cm³/mol. The van der Waals surface area contributed by atoms with E-state index in [1.165, 1.54) is 5.56 Å². The van der Waals surface area contributed by atoms with Crippen molar-refractivity contribution in [2.75, 3.05) is 19.7 Å². The van der Waals surface area contributed by atoms with E-state index in [1.807, 2.05) is 43.5 Å². The first-order valence-corrected chi connectivity index (χ1v) is 11.5. The summed E-state index contributed by atoms with van der Waals surface area (Å²) in [6.45, 7) is 6.17. The lowest BCUT2D eigenvalue weighted by Crippen LogP contribution is -2.37. The van der Waals surface area contributed by atoms with Crippen molar-refractivity contribution in [3.05, 3.63) is 71.0 Å². The lowest BCUT2D eigenvalue weighted by atomic mass is 10.1. The minimum atomic E-state index is -0.0786. The highest BCUT2D eigenvalue weighted by molar-refractivity contribution is 5.97. The Bertz CT molecular complexity index is 1110. The van der Waals surface area contributed by atoms with Gasteiger partial charge in [-0.15, -0.1) is 5.10 Å². The summed E-state index contributed by atoms with van der Waals surface area (Å²) in [6.07, 6.45) is 3.58. The Balaban J connectivity index is 1.35. The van der Waals surface area contributed by atoms with Crippen molar-refractivity contribution in [2.45, 2.75) is 45.5 Å². The smallest absolute Gasteiger partial charge is 0.255 e. The number of ether oxygens (including phenoxy) is 2. The van der Waals surface area contributed by atoms with E-state index in [1.54, 1.807) is 4.68 Å². The second kappa shape index (κ2) is 9.62. The molecule has 0 spiro atoms. The molecule has 8 heteroatoms. The summed E-state index contributed by atoms with van der Waals surface area (Å²) in [6, 6.07) is 14.0. The van der Waals surface area contributed by atoms with Crippen molar-refractivity contribution < 1.29 is 14.3 Å². The van der Waals surface area contributed by atoms with Crippen LogP contribution in [-0.4, -0.2) is 51.5 Å². The second-order valence-electron chi connectivity index (χ2n) is 8.80. The highest BCUT2D eigenvalue weighted by Crippen LogP contribution is 2.22. The Hall–Kier alpha value is -3.39. The molecule has 33 heavy (non-hydrogen) atoms. The number of nitrogens with one attached hydrogen (secondary N) is 1. The number of aryl methyl sites for hydroxylation is 2. The molecule has 1 saturated heterocycles. The molecule has 3 aliphatic rings. The van der Waals surface area contributed by atoms with Gasteiger partial charge in [0.2, 0.25) is 0 Å². The van der Waals surface area contributed by atoms with Crippen LogP contribution in [-0.2, 0) is 19.7 Å². The Kier molecular flexibility index (Phi) is 6.26. The summed E-state index contributed by atoms with van der Waals surface area (Å²) in [5.41, 5.74) is 3.65. The average Bonchev–Trinajstić information content (AvgIpc) is 3.45. The highest BCUT2D eigenvalue weighted by Gasteiger charge is 2.25. The maximum absolute atomic E-state index is 13.1. The van der Waals surface area contributed by atoms with Crippen molar-refractivity contribution in [2.24, 2.45) is 0 Å². The van der Waals surface area contributed by atoms with Crippen LogP contribution in [0.1, 0.15) is 40.0 Å². The third-order valence-corrected chi connectivity index (χ3v) is 6.08. The van der Waals surface area contributed by atoms with Gasteiger partial charge in [-0.3, -0.25) is 14.4 Å². The first kappa shape index (κ1) is 21.5. The molecule has 2 atom stereocenters. The van der Waals surface area contributed by atoms with Crippen LogP contribution in [0.5, 0.6) is 11.5 Å². The fraction of sp³-hybridized carbons (Fsp3) is 0.400. The van der Waals surface area contributed by atoms with Gasteiger partial charge in [-0.2, -0.15) is 0 Å². The standard InChI is InChI=1S/C25H29N5O3/c1-18-3-8-23-24(13-18)32-12-2-10-30-16-21(27-28-30)17-33-22-6-4-19(5-7-22)14-29-11-9-20(15-29)26-25(23)31/h3-8,13,16,20H,2,9-12,14-15,17H2,1H3,(H,26,31). The highest BCUT2D eigenvalue weighted by atomic mass is 16.5. The molecule has 6 bridgehead atoms. The van der Waals surface area contributed by atoms with Crippen LogP contribution >= 0.6 is 0 Å². The maximum atomic E-state index is 13.1. The monoisotopic (exact) mass is 447 g/mol. The number of carbonyl (C=O) groups excluding carboxylic acids is 1. The van der Waals surface area contributed by atoms with Crippen LogP contribution in [0.3, 0.4) is 0 Å². The maximum Gasteiger partial charge on any atom is 0.255 e.